The third-order valence-electron chi connectivity index (χ3n) is 3.42. The van der Waals surface area contributed by atoms with Gasteiger partial charge in [-0.15, -0.1) is 0 Å². The van der Waals surface area contributed by atoms with Gasteiger partial charge >= 0.3 is 6.09 Å². The van der Waals surface area contributed by atoms with Gasteiger partial charge in [0.15, 0.2) is 0 Å². The molecule has 2 N–H and O–H groups in total. The van der Waals surface area contributed by atoms with E-state index < -0.39 is 6.09 Å². The fraction of sp³-hybridized carbons (Fsp3) is 0.500. The summed E-state index contributed by atoms with van der Waals surface area (Å²) < 4.78 is 5.49. The van der Waals surface area contributed by atoms with Gasteiger partial charge in [0.05, 0.1) is 11.2 Å². The first-order chi connectivity index (χ1) is 9.58. The number of hydrogen-bond acceptors (Lipinski definition) is 3. The summed E-state index contributed by atoms with van der Waals surface area (Å²) >= 11 is 2.37. The summed E-state index contributed by atoms with van der Waals surface area (Å²) in [7, 11) is 1.66. The summed E-state index contributed by atoms with van der Waals surface area (Å²) in [5.74, 6) is 0.865. The number of hydrogen-bond donors (Lipinski definition) is 2. The number of amides is 1. The molecule has 1 aliphatic heterocycles. The van der Waals surface area contributed by atoms with E-state index in [4.69, 9.17) is 9.84 Å². The SMILES string of the molecule is COc1cccc(CC(I)NC2CCN(C(=O)O)C2)c1. The Morgan fingerprint density at radius 2 is 2.45 bits per heavy atom. The molecule has 0 radical (unpaired) electrons. The monoisotopic (exact) mass is 390 g/mol. The Bertz CT molecular complexity index is 469. The lowest BCUT2D eigenvalue weighted by atomic mass is 10.1. The van der Waals surface area contributed by atoms with Crippen molar-refractivity contribution < 1.29 is 14.6 Å². The lowest BCUT2D eigenvalue weighted by Crippen LogP contribution is -2.39. The average molecular weight is 390 g/mol. The molecule has 0 aliphatic carbocycles. The van der Waals surface area contributed by atoms with Gasteiger partial charge < -0.3 is 20.1 Å². The maximum atomic E-state index is 10.9. The van der Waals surface area contributed by atoms with Gasteiger partial charge in [0.1, 0.15) is 5.75 Å². The van der Waals surface area contributed by atoms with Gasteiger partial charge in [-0.3, -0.25) is 0 Å². The second-order valence-electron chi connectivity index (χ2n) is 4.90. The zero-order chi connectivity index (χ0) is 14.5. The van der Waals surface area contributed by atoms with Crippen LogP contribution in [0.5, 0.6) is 5.75 Å². The van der Waals surface area contributed by atoms with Crippen molar-refractivity contribution in [2.45, 2.75) is 22.9 Å². The average Bonchev–Trinajstić information content (AvgIpc) is 2.87. The van der Waals surface area contributed by atoms with Crippen LogP contribution < -0.4 is 10.1 Å². The molecule has 6 heteroatoms. The van der Waals surface area contributed by atoms with Crippen LogP contribution in [0.2, 0.25) is 0 Å². The van der Waals surface area contributed by atoms with E-state index in [1.807, 2.05) is 18.2 Å². The summed E-state index contributed by atoms with van der Waals surface area (Å²) in [5.41, 5.74) is 1.21. The Labute approximate surface area is 132 Å². The predicted octanol–water partition coefficient (Wildman–Crippen LogP) is 2.34. The van der Waals surface area contributed by atoms with E-state index in [1.54, 1.807) is 7.11 Å². The van der Waals surface area contributed by atoms with Crippen molar-refractivity contribution in [2.75, 3.05) is 20.2 Å². The highest BCUT2D eigenvalue weighted by Crippen LogP contribution is 2.17. The summed E-state index contributed by atoms with van der Waals surface area (Å²) in [5, 5.41) is 12.4. The summed E-state index contributed by atoms with van der Waals surface area (Å²) in [6, 6.07) is 8.28. The van der Waals surface area contributed by atoms with E-state index in [1.165, 1.54) is 10.5 Å². The fourth-order valence-electron chi connectivity index (χ4n) is 2.39. The Kier molecular flexibility index (Phi) is 5.47. The molecule has 1 aliphatic rings. The Balaban J connectivity index is 1.83. The number of halogens is 1. The molecular formula is C14H19IN2O3. The van der Waals surface area contributed by atoms with E-state index in [9.17, 15) is 4.79 Å². The fourth-order valence-corrected chi connectivity index (χ4v) is 3.41. The summed E-state index contributed by atoms with van der Waals surface area (Å²) in [4.78, 5) is 12.3. The molecule has 110 valence electrons. The number of carboxylic acid groups (broad SMARTS) is 1. The van der Waals surface area contributed by atoms with Gasteiger partial charge in [-0.05, 0) is 30.5 Å². The maximum absolute atomic E-state index is 10.9. The van der Waals surface area contributed by atoms with Crippen LogP contribution in [0.15, 0.2) is 24.3 Å². The van der Waals surface area contributed by atoms with E-state index in [0.29, 0.717) is 13.1 Å². The molecule has 0 bridgehead atoms. The Morgan fingerprint density at radius 3 is 3.10 bits per heavy atom. The largest absolute Gasteiger partial charge is 0.497 e. The number of methoxy groups -OCH3 is 1. The van der Waals surface area contributed by atoms with E-state index in [0.717, 1.165) is 18.6 Å². The number of benzene rings is 1. The Hall–Kier alpha value is -1.02. The van der Waals surface area contributed by atoms with Crippen LogP contribution >= 0.6 is 22.6 Å². The van der Waals surface area contributed by atoms with Gasteiger partial charge in [-0.25, -0.2) is 4.79 Å². The minimum absolute atomic E-state index is 0.249. The van der Waals surface area contributed by atoms with Crippen molar-refractivity contribution in [3.05, 3.63) is 29.8 Å². The van der Waals surface area contributed by atoms with Crippen molar-refractivity contribution in [3.8, 4) is 5.75 Å². The van der Waals surface area contributed by atoms with Gasteiger partial charge in [-0.2, -0.15) is 0 Å². The lowest BCUT2D eigenvalue weighted by Gasteiger charge is -2.18. The Morgan fingerprint density at radius 1 is 1.65 bits per heavy atom. The molecule has 1 amide bonds. The van der Waals surface area contributed by atoms with E-state index in [2.05, 4.69) is 34.0 Å². The van der Waals surface area contributed by atoms with Gasteiger partial charge in [0.2, 0.25) is 0 Å². The van der Waals surface area contributed by atoms with Crippen LogP contribution in [0.25, 0.3) is 0 Å². The van der Waals surface area contributed by atoms with Gasteiger partial charge in [-0.1, -0.05) is 34.7 Å². The number of carbonyl (C=O) groups is 1. The van der Waals surface area contributed by atoms with Crippen LogP contribution in [0.1, 0.15) is 12.0 Å². The topological polar surface area (TPSA) is 61.8 Å². The van der Waals surface area contributed by atoms with Crippen LogP contribution in [-0.2, 0) is 6.42 Å². The second kappa shape index (κ2) is 7.12. The molecule has 1 saturated heterocycles. The van der Waals surface area contributed by atoms with Gasteiger partial charge in [0, 0.05) is 19.1 Å². The number of rotatable bonds is 5. The second-order valence-corrected chi connectivity index (χ2v) is 6.41. The molecule has 20 heavy (non-hydrogen) atoms. The number of alkyl halides is 1. The molecule has 1 fully saturated rings. The van der Waals surface area contributed by atoms with Crippen LogP contribution in [-0.4, -0.2) is 46.4 Å². The quantitative estimate of drug-likeness (QED) is 0.461. The van der Waals surface area contributed by atoms with Crippen molar-refractivity contribution in [1.29, 1.82) is 0 Å². The highest BCUT2D eigenvalue weighted by Gasteiger charge is 2.26. The molecule has 0 spiro atoms. The van der Waals surface area contributed by atoms with Crippen LogP contribution in [0.4, 0.5) is 4.79 Å². The van der Waals surface area contributed by atoms with Crippen molar-refractivity contribution in [1.82, 2.24) is 10.2 Å². The molecule has 0 aromatic heterocycles. The third kappa shape index (κ3) is 4.24. The zero-order valence-corrected chi connectivity index (χ0v) is 13.5. The van der Waals surface area contributed by atoms with E-state index in [-0.39, 0.29) is 10.1 Å². The molecule has 1 heterocycles. The lowest BCUT2D eigenvalue weighted by molar-refractivity contribution is 0.154. The highest BCUT2D eigenvalue weighted by atomic mass is 127. The summed E-state index contributed by atoms with van der Waals surface area (Å²) in [6.45, 7) is 1.20. The predicted molar refractivity (Wildman–Crippen MR) is 85.6 cm³/mol. The molecule has 2 rings (SSSR count). The molecule has 2 atom stereocenters. The molecular weight excluding hydrogens is 371 g/mol. The molecule has 2 unspecified atom stereocenters. The maximum Gasteiger partial charge on any atom is 0.407 e. The first-order valence-corrected chi connectivity index (χ1v) is 7.84. The third-order valence-corrected chi connectivity index (χ3v) is 4.22. The van der Waals surface area contributed by atoms with E-state index >= 15 is 0 Å². The number of nitrogens with zero attached hydrogens (tertiary/aromatic N) is 1. The van der Waals surface area contributed by atoms with Crippen molar-refractivity contribution in [3.63, 3.8) is 0 Å². The molecule has 1 aromatic rings. The normalized spacial score (nSPS) is 19.9. The van der Waals surface area contributed by atoms with Crippen molar-refractivity contribution in [2.24, 2.45) is 0 Å². The number of nitrogens with one attached hydrogen (secondary N) is 1. The smallest absolute Gasteiger partial charge is 0.407 e. The molecule has 0 saturated carbocycles. The van der Waals surface area contributed by atoms with Gasteiger partial charge in [0.25, 0.3) is 0 Å². The standard InChI is InChI=1S/C14H19IN2O3/c1-20-12-4-2-3-10(7-12)8-13(15)16-11-5-6-17(9-11)14(18)19/h2-4,7,11,13,16H,5-6,8-9H2,1H3,(H,18,19). The number of likely N-dealkylation sites (tertiary alicyclic amines) is 1. The van der Waals surface area contributed by atoms with Crippen LogP contribution in [0, 0.1) is 0 Å². The molecule has 1 aromatic carbocycles. The minimum Gasteiger partial charge on any atom is -0.497 e. The minimum atomic E-state index is -0.827. The zero-order valence-electron chi connectivity index (χ0n) is 11.4. The first kappa shape index (κ1) is 15.4. The highest BCUT2D eigenvalue weighted by molar-refractivity contribution is 14.1. The number of ether oxygens (including phenoxy) is 1. The molecule has 5 nitrogen and oxygen atoms in total. The first-order valence-electron chi connectivity index (χ1n) is 6.59. The van der Waals surface area contributed by atoms with Crippen molar-refractivity contribution >= 4 is 28.7 Å². The van der Waals surface area contributed by atoms with Crippen LogP contribution in [0.3, 0.4) is 0 Å². The summed E-state index contributed by atoms with van der Waals surface area (Å²) in [6.07, 6.45) is 0.942.